The van der Waals surface area contributed by atoms with Gasteiger partial charge in [-0.1, -0.05) is 11.3 Å². The first kappa shape index (κ1) is 19.2. The Labute approximate surface area is 178 Å². The van der Waals surface area contributed by atoms with Crippen LogP contribution in [-0.2, 0) is 6.61 Å². The van der Waals surface area contributed by atoms with Gasteiger partial charge in [0.25, 0.3) is 0 Å². The molecule has 0 saturated carbocycles. The number of fused-ring (bicyclic) bond motifs is 3. The Bertz CT molecular complexity index is 1060. The molecule has 0 aliphatic carbocycles. The Morgan fingerprint density at radius 2 is 2.13 bits per heavy atom. The molecule has 2 aliphatic rings. The van der Waals surface area contributed by atoms with Crippen molar-refractivity contribution in [1.82, 2.24) is 24.5 Å². The Kier molecular flexibility index (Phi) is 5.25. The summed E-state index contributed by atoms with van der Waals surface area (Å²) in [5.41, 5.74) is 0.868. The molecule has 2 aliphatic heterocycles. The number of nitrogens with one attached hydrogen (secondary N) is 2. The summed E-state index contributed by atoms with van der Waals surface area (Å²) >= 11 is 1.41. The predicted molar refractivity (Wildman–Crippen MR) is 115 cm³/mol. The van der Waals surface area contributed by atoms with Crippen molar-refractivity contribution >= 4 is 33.8 Å². The van der Waals surface area contributed by atoms with E-state index in [0.717, 1.165) is 29.8 Å². The molecule has 30 heavy (non-hydrogen) atoms. The molecule has 3 aromatic heterocycles. The van der Waals surface area contributed by atoms with E-state index in [9.17, 15) is 5.11 Å². The normalized spacial score (nSPS) is 23.5. The molecule has 0 amide bonds. The Morgan fingerprint density at radius 1 is 1.30 bits per heavy atom. The van der Waals surface area contributed by atoms with E-state index >= 15 is 0 Å². The highest BCUT2D eigenvalue weighted by Gasteiger charge is 2.40. The van der Waals surface area contributed by atoms with Gasteiger partial charge in [0.2, 0.25) is 5.95 Å². The lowest BCUT2D eigenvalue weighted by Crippen LogP contribution is -2.47. The summed E-state index contributed by atoms with van der Waals surface area (Å²) in [5, 5.41) is 30.3. The van der Waals surface area contributed by atoms with E-state index in [4.69, 9.17) is 10.2 Å². The molecule has 9 nitrogen and oxygen atoms in total. The number of aliphatic hydroxyl groups excluding tert-OH is 1. The SMILES string of the molecule is N#CCCN1C2CCC1CC(Nc1nc(Nc3ncc(CO)s3)c3cccn3n1)C2. The maximum Gasteiger partial charge on any atom is 0.243 e. The highest BCUT2D eigenvalue weighted by molar-refractivity contribution is 7.15. The molecule has 2 fully saturated rings. The molecule has 2 bridgehead atoms. The van der Waals surface area contributed by atoms with Gasteiger partial charge in [-0.3, -0.25) is 4.90 Å². The predicted octanol–water partition coefficient (Wildman–Crippen LogP) is 2.74. The van der Waals surface area contributed by atoms with Crippen LogP contribution in [0.25, 0.3) is 5.52 Å². The number of piperidine rings is 1. The van der Waals surface area contributed by atoms with E-state index in [2.05, 4.69) is 31.7 Å². The van der Waals surface area contributed by atoms with E-state index in [1.165, 1.54) is 24.2 Å². The average Bonchev–Trinajstić information content (AvgIpc) is 3.45. The molecule has 2 unspecified atom stereocenters. The molecule has 5 rings (SSSR count). The quantitative estimate of drug-likeness (QED) is 0.530. The molecule has 10 heteroatoms. The Balaban J connectivity index is 1.33. The van der Waals surface area contributed by atoms with Crippen molar-refractivity contribution in [2.45, 2.75) is 56.8 Å². The zero-order valence-corrected chi connectivity index (χ0v) is 17.3. The van der Waals surface area contributed by atoms with E-state index in [-0.39, 0.29) is 6.61 Å². The summed E-state index contributed by atoms with van der Waals surface area (Å²) in [6.45, 7) is 0.855. The fourth-order valence-corrected chi connectivity index (χ4v) is 5.42. The number of rotatable bonds is 7. The second-order valence-electron chi connectivity index (χ2n) is 7.88. The molecule has 0 aromatic carbocycles. The van der Waals surface area contributed by atoms with Gasteiger partial charge < -0.3 is 15.7 Å². The lowest BCUT2D eigenvalue weighted by atomic mass is 9.97. The molecule has 2 saturated heterocycles. The Hall–Kier alpha value is -2.74. The zero-order valence-electron chi connectivity index (χ0n) is 16.5. The summed E-state index contributed by atoms with van der Waals surface area (Å²) in [4.78, 5) is 12.4. The van der Waals surface area contributed by atoms with Gasteiger partial charge in [-0.25, -0.2) is 9.50 Å². The molecule has 3 N–H and O–H groups in total. The molecule has 5 heterocycles. The van der Waals surface area contributed by atoms with E-state index in [1.807, 2.05) is 22.8 Å². The fraction of sp³-hybridized carbons (Fsp3) is 0.500. The van der Waals surface area contributed by atoms with Crippen LogP contribution in [0.4, 0.5) is 16.9 Å². The van der Waals surface area contributed by atoms with Gasteiger partial charge in [0.05, 0.1) is 17.6 Å². The number of hydrogen-bond donors (Lipinski definition) is 3. The molecule has 0 spiro atoms. The minimum atomic E-state index is -0.0220. The fourth-order valence-electron chi connectivity index (χ4n) is 4.75. The van der Waals surface area contributed by atoms with E-state index in [0.29, 0.717) is 41.4 Å². The highest BCUT2D eigenvalue weighted by Crippen LogP contribution is 2.36. The second-order valence-corrected chi connectivity index (χ2v) is 9.00. The van der Waals surface area contributed by atoms with E-state index in [1.54, 1.807) is 6.20 Å². The summed E-state index contributed by atoms with van der Waals surface area (Å²) in [6, 6.07) is 7.57. The monoisotopic (exact) mass is 424 g/mol. The standard InChI is InChI=1S/C20H24N8OS/c21-6-2-7-27-14-4-5-15(27)10-13(9-14)23-19-24-18(17-3-1-8-28(17)26-19)25-20-22-11-16(12-29)30-20/h1,3,8,11,13-15,29H,2,4-5,7,9-10,12H2,(H2,22,23,24,25,26). The van der Waals surface area contributed by atoms with Crippen LogP contribution in [0.2, 0.25) is 0 Å². The number of aliphatic hydroxyl groups is 1. The van der Waals surface area contributed by atoms with Crippen molar-refractivity contribution in [1.29, 1.82) is 5.26 Å². The minimum Gasteiger partial charge on any atom is -0.391 e. The third-order valence-electron chi connectivity index (χ3n) is 6.03. The van der Waals surface area contributed by atoms with Gasteiger partial charge in [0.15, 0.2) is 10.9 Å². The lowest BCUT2D eigenvalue weighted by molar-refractivity contribution is 0.135. The topological polar surface area (TPSA) is 114 Å². The van der Waals surface area contributed by atoms with Crippen molar-refractivity contribution in [3.63, 3.8) is 0 Å². The number of aromatic nitrogens is 4. The van der Waals surface area contributed by atoms with Crippen LogP contribution in [0.1, 0.15) is 37.0 Å². The highest BCUT2D eigenvalue weighted by atomic mass is 32.1. The summed E-state index contributed by atoms with van der Waals surface area (Å²) in [7, 11) is 0. The van der Waals surface area contributed by atoms with Crippen LogP contribution >= 0.6 is 11.3 Å². The minimum absolute atomic E-state index is 0.0220. The third kappa shape index (κ3) is 3.71. The maximum atomic E-state index is 9.28. The van der Waals surface area contributed by atoms with Crippen LogP contribution in [0.3, 0.4) is 0 Å². The third-order valence-corrected chi connectivity index (χ3v) is 6.92. The van der Waals surface area contributed by atoms with Gasteiger partial charge in [-0.2, -0.15) is 10.2 Å². The summed E-state index contributed by atoms with van der Waals surface area (Å²) in [5.74, 6) is 1.28. The van der Waals surface area contributed by atoms with Crippen LogP contribution in [0.5, 0.6) is 0 Å². The van der Waals surface area contributed by atoms with Gasteiger partial charge in [-0.05, 0) is 37.8 Å². The Morgan fingerprint density at radius 3 is 2.87 bits per heavy atom. The molecular formula is C20H24N8OS. The summed E-state index contributed by atoms with van der Waals surface area (Å²) < 4.78 is 1.81. The van der Waals surface area contributed by atoms with Crippen molar-refractivity contribution in [2.75, 3.05) is 17.2 Å². The average molecular weight is 425 g/mol. The second kappa shape index (κ2) is 8.18. The first-order valence-corrected chi connectivity index (χ1v) is 11.1. The van der Waals surface area contributed by atoms with Crippen molar-refractivity contribution < 1.29 is 5.11 Å². The number of nitriles is 1. The first-order chi connectivity index (χ1) is 14.7. The van der Waals surface area contributed by atoms with Gasteiger partial charge >= 0.3 is 0 Å². The van der Waals surface area contributed by atoms with Crippen molar-refractivity contribution in [2.24, 2.45) is 0 Å². The smallest absolute Gasteiger partial charge is 0.243 e. The summed E-state index contributed by atoms with van der Waals surface area (Å²) in [6.07, 6.45) is 8.67. The number of nitrogens with zero attached hydrogens (tertiary/aromatic N) is 6. The van der Waals surface area contributed by atoms with Gasteiger partial charge in [-0.15, -0.1) is 5.10 Å². The van der Waals surface area contributed by atoms with Crippen LogP contribution in [0.15, 0.2) is 24.5 Å². The molecule has 156 valence electrons. The van der Waals surface area contributed by atoms with Gasteiger partial charge in [0, 0.05) is 43.5 Å². The maximum absolute atomic E-state index is 9.28. The van der Waals surface area contributed by atoms with Crippen molar-refractivity contribution in [3.8, 4) is 6.07 Å². The molecular weight excluding hydrogens is 400 g/mol. The molecule has 0 radical (unpaired) electrons. The zero-order chi connectivity index (χ0) is 20.5. The van der Waals surface area contributed by atoms with Crippen LogP contribution < -0.4 is 10.6 Å². The largest absolute Gasteiger partial charge is 0.391 e. The van der Waals surface area contributed by atoms with Gasteiger partial charge in [0.1, 0.15) is 5.52 Å². The first-order valence-electron chi connectivity index (χ1n) is 10.3. The number of hydrogen-bond acceptors (Lipinski definition) is 9. The molecule has 3 aromatic rings. The lowest BCUT2D eigenvalue weighted by Gasteiger charge is -2.38. The number of thiazole rings is 1. The number of anilines is 3. The van der Waals surface area contributed by atoms with Crippen LogP contribution in [0, 0.1) is 11.3 Å². The van der Waals surface area contributed by atoms with E-state index < -0.39 is 0 Å². The van der Waals surface area contributed by atoms with Crippen LogP contribution in [-0.4, -0.2) is 54.3 Å². The van der Waals surface area contributed by atoms with Crippen molar-refractivity contribution in [3.05, 3.63) is 29.4 Å². The molecule has 2 atom stereocenters.